The number of hydrogen-bond donors (Lipinski definition) is 0. The molecule has 0 atom stereocenters. The minimum absolute atomic E-state index is 0.490. The van der Waals surface area contributed by atoms with E-state index in [1.54, 1.807) is 6.20 Å². The minimum Gasteiger partial charge on any atom is -0.486 e. The van der Waals surface area contributed by atoms with Crippen molar-refractivity contribution in [1.29, 1.82) is 0 Å². The number of ether oxygens (including phenoxy) is 2. The summed E-state index contributed by atoms with van der Waals surface area (Å²) in [5, 5.41) is 2.33. The van der Waals surface area contributed by atoms with E-state index in [0.29, 0.717) is 18.4 Å². The fraction of sp³-hybridized carbons (Fsp3) is 0.182. The average molecular weight is 222 g/mol. The Morgan fingerprint density at radius 3 is 2.87 bits per heavy atom. The van der Waals surface area contributed by atoms with Gasteiger partial charge in [0, 0.05) is 17.0 Å². The summed E-state index contributed by atoms with van der Waals surface area (Å²) in [6.45, 7) is 1.17. The van der Waals surface area contributed by atoms with Crippen molar-refractivity contribution in [1.82, 2.24) is 4.98 Å². The Balaban J connectivity index is 2.36. The number of fused-ring (bicyclic) bond motifs is 3. The Hall–Kier alpha value is -1.48. The predicted molar refractivity (Wildman–Crippen MR) is 57.7 cm³/mol. The molecule has 0 unspecified atom stereocenters. The number of nitrogens with zero attached hydrogens (tertiary/aromatic N) is 1. The fourth-order valence-corrected chi connectivity index (χ4v) is 1.95. The van der Waals surface area contributed by atoms with E-state index in [2.05, 4.69) is 4.98 Å². The molecule has 1 aromatic carbocycles. The van der Waals surface area contributed by atoms with Gasteiger partial charge >= 0.3 is 0 Å². The lowest BCUT2D eigenvalue weighted by atomic mass is 10.1. The summed E-state index contributed by atoms with van der Waals surface area (Å²) in [7, 11) is 0. The molecule has 1 aliphatic heterocycles. The van der Waals surface area contributed by atoms with Gasteiger partial charge in [0.05, 0.1) is 0 Å². The molecular weight excluding hydrogens is 214 g/mol. The highest BCUT2D eigenvalue weighted by atomic mass is 35.5. The summed E-state index contributed by atoms with van der Waals surface area (Å²) in [6.07, 6.45) is 1.67. The van der Waals surface area contributed by atoms with Crippen LogP contribution in [0.2, 0.25) is 5.15 Å². The number of aromatic nitrogens is 1. The van der Waals surface area contributed by atoms with Crippen LogP contribution in [0.4, 0.5) is 0 Å². The van der Waals surface area contributed by atoms with Crippen molar-refractivity contribution in [3.05, 3.63) is 29.5 Å². The van der Waals surface area contributed by atoms with Gasteiger partial charge in [0.1, 0.15) is 18.4 Å². The Morgan fingerprint density at radius 1 is 1.07 bits per heavy atom. The van der Waals surface area contributed by atoms with Crippen molar-refractivity contribution in [2.24, 2.45) is 0 Å². The lowest BCUT2D eigenvalue weighted by Crippen LogP contribution is -2.15. The fourth-order valence-electron chi connectivity index (χ4n) is 1.73. The number of rotatable bonds is 0. The molecule has 0 saturated heterocycles. The lowest BCUT2D eigenvalue weighted by molar-refractivity contribution is 0.174. The van der Waals surface area contributed by atoms with Crippen molar-refractivity contribution in [2.45, 2.75) is 0 Å². The highest BCUT2D eigenvalue weighted by Crippen LogP contribution is 2.38. The lowest BCUT2D eigenvalue weighted by Gasteiger charge is -2.19. The van der Waals surface area contributed by atoms with Gasteiger partial charge in [-0.25, -0.2) is 4.98 Å². The van der Waals surface area contributed by atoms with Gasteiger partial charge in [0.15, 0.2) is 11.5 Å². The Bertz CT molecular complexity index is 527. The van der Waals surface area contributed by atoms with Gasteiger partial charge in [0.25, 0.3) is 0 Å². The van der Waals surface area contributed by atoms with Crippen LogP contribution in [0.1, 0.15) is 0 Å². The van der Waals surface area contributed by atoms with E-state index >= 15 is 0 Å². The van der Waals surface area contributed by atoms with Crippen LogP contribution in [0.15, 0.2) is 24.4 Å². The van der Waals surface area contributed by atoms with Crippen LogP contribution < -0.4 is 9.47 Å². The first-order valence-electron chi connectivity index (χ1n) is 4.69. The van der Waals surface area contributed by atoms with Crippen LogP contribution in [0.5, 0.6) is 11.5 Å². The third-order valence-corrected chi connectivity index (χ3v) is 2.70. The monoisotopic (exact) mass is 221 g/mol. The van der Waals surface area contributed by atoms with Gasteiger partial charge in [-0.2, -0.15) is 0 Å². The first-order valence-corrected chi connectivity index (χ1v) is 5.07. The van der Waals surface area contributed by atoms with Crippen molar-refractivity contribution >= 4 is 22.4 Å². The molecule has 0 radical (unpaired) electrons. The second-order valence-electron chi connectivity index (χ2n) is 3.29. The van der Waals surface area contributed by atoms with Crippen molar-refractivity contribution in [3.8, 4) is 11.5 Å². The summed E-state index contributed by atoms with van der Waals surface area (Å²) < 4.78 is 11.1. The van der Waals surface area contributed by atoms with E-state index in [1.165, 1.54) is 0 Å². The Kier molecular flexibility index (Phi) is 1.92. The first-order chi connectivity index (χ1) is 7.36. The van der Waals surface area contributed by atoms with Gasteiger partial charge in [-0.3, -0.25) is 0 Å². The van der Waals surface area contributed by atoms with Gasteiger partial charge in [-0.05, 0) is 18.2 Å². The number of halogens is 1. The number of pyridine rings is 1. The van der Waals surface area contributed by atoms with Crippen LogP contribution in [-0.2, 0) is 0 Å². The smallest absolute Gasteiger partial charge is 0.169 e. The molecule has 4 heteroatoms. The maximum absolute atomic E-state index is 5.99. The average Bonchev–Trinajstić information content (AvgIpc) is 2.29. The molecule has 3 nitrogen and oxygen atoms in total. The minimum atomic E-state index is 0.490. The van der Waals surface area contributed by atoms with Crippen LogP contribution in [0.25, 0.3) is 10.8 Å². The zero-order valence-corrected chi connectivity index (χ0v) is 8.62. The zero-order valence-electron chi connectivity index (χ0n) is 7.87. The Morgan fingerprint density at radius 2 is 1.93 bits per heavy atom. The largest absolute Gasteiger partial charge is 0.486 e. The normalized spacial score (nSPS) is 14.2. The third kappa shape index (κ3) is 1.31. The third-order valence-electron chi connectivity index (χ3n) is 2.40. The topological polar surface area (TPSA) is 31.4 Å². The second-order valence-corrected chi connectivity index (χ2v) is 3.64. The molecule has 0 saturated carbocycles. The summed E-state index contributed by atoms with van der Waals surface area (Å²) in [6, 6.07) is 5.65. The van der Waals surface area contributed by atoms with E-state index < -0.39 is 0 Å². The molecule has 2 aromatic rings. The van der Waals surface area contributed by atoms with E-state index in [-0.39, 0.29) is 0 Å². The molecular formula is C11H8ClNO2. The molecule has 0 N–H and O–H groups in total. The number of benzene rings is 1. The van der Waals surface area contributed by atoms with Crippen LogP contribution in [0, 0.1) is 0 Å². The van der Waals surface area contributed by atoms with Crippen molar-refractivity contribution in [2.75, 3.05) is 13.2 Å². The first kappa shape index (κ1) is 8.80. The van der Waals surface area contributed by atoms with Crippen molar-refractivity contribution < 1.29 is 9.47 Å². The standard InChI is InChI=1S/C11H8ClNO2/c12-11-8-1-2-9-10(15-6-5-14-9)7(8)3-4-13-11/h1-4H,5-6H2. The molecule has 1 aliphatic rings. The van der Waals surface area contributed by atoms with Gasteiger partial charge in [-0.15, -0.1) is 0 Å². The quantitative estimate of drug-likeness (QED) is 0.641. The van der Waals surface area contributed by atoms with Crippen LogP contribution in [-0.4, -0.2) is 18.2 Å². The molecule has 15 heavy (non-hydrogen) atoms. The molecule has 76 valence electrons. The summed E-state index contributed by atoms with van der Waals surface area (Å²) in [5.41, 5.74) is 0. The predicted octanol–water partition coefficient (Wildman–Crippen LogP) is 2.66. The second kappa shape index (κ2) is 3.28. The molecule has 0 amide bonds. The van der Waals surface area contributed by atoms with E-state index in [4.69, 9.17) is 21.1 Å². The molecule has 0 spiro atoms. The van der Waals surface area contributed by atoms with Gasteiger partial charge in [-0.1, -0.05) is 11.6 Å². The van der Waals surface area contributed by atoms with E-state index in [1.807, 2.05) is 18.2 Å². The summed E-state index contributed by atoms with van der Waals surface area (Å²) in [4.78, 5) is 4.03. The highest BCUT2D eigenvalue weighted by molar-refractivity contribution is 6.34. The highest BCUT2D eigenvalue weighted by Gasteiger charge is 2.15. The van der Waals surface area contributed by atoms with E-state index in [9.17, 15) is 0 Å². The molecule has 0 bridgehead atoms. The molecule has 2 heterocycles. The maximum atomic E-state index is 5.99. The SMILES string of the molecule is Clc1nccc2c3c(ccc12)OCCO3. The summed E-state index contributed by atoms with van der Waals surface area (Å²) >= 11 is 5.99. The number of hydrogen-bond acceptors (Lipinski definition) is 3. The van der Waals surface area contributed by atoms with Crippen LogP contribution in [0.3, 0.4) is 0 Å². The molecule has 0 aliphatic carbocycles. The van der Waals surface area contributed by atoms with Gasteiger partial charge in [0.2, 0.25) is 0 Å². The molecule has 1 aromatic heterocycles. The molecule has 0 fully saturated rings. The van der Waals surface area contributed by atoms with Gasteiger partial charge < -0.3 is 9.47 Å². The van der Waals surface area contributed by atoms with E-state index in [0.717, 1.165) is 22.3 Å². The maximum Gasteiger partial charge on any atom is 0.169 e. The molecule has 3 rings (SSSR count). The van der Waals surface area contributed by atoms with Crippen molar-refractivity contribution in [3.63, 3.8) is 0 Å². The summed E-state index contributed by atoms with van der Waals surface area (Å²) in [5.74, 6) is 1.54. The van der Waals surface area contributed by atoms with Crippen LogP contribution >= 0.6 is 11.6 Å². The zero-order chi connectivity index (χ0) is 10.3. The Labute approximate surface area is 91.6 Å².